The van der Waals surface area contributed by atoms with Crippen molar-refractivity contribution >= 4 is 11.6 Å². The average molecular weight is 287 g/mol. The van der Waals surface area contributed by atoms with Gasteiger partial charge in [0, 0.05) is 0 Å². The minimum Gasteiger partial charge on any atom is -0.482 e. The van der Waals surface area contributed by atoms with Crippen molar-refractivity contribution < 1.29 is 19.0 Å². The van der Waals surface area contributed by atoms with Gasteiger partial charge >= 0.3 is 0 Å². The van der Waals surface area contributed by atoms with Crippen LogP contribution in [0.2, 0.25) is 0 Å². The minimum atomic E-state index is -0.969. The van der Waals surface area contributed by atoms with Gasteiger partial charge in [0.2, 0.25) is 0 Å². The summed E-state index contributed by atoms with van der Waals surface area (Å²) >= 11 is 0. The molecule has 0 radical (unpaired) electrons. The fourth-order valence-corrected chi connectivity index (χ4v) is 2.39. The molecular formula is C16H14FNO3. The predicted molar refractivity (Wildman–Crippen MR) is 75.8 cm³/mol. The van der Waals surface area contributed by atoms with Crippen LogP contribution < -0.4 is 10.1 Å². The van der Waals surface area contributed by atoms with Crippen LogP contribution in [-0.4, -0.2) is 17.6 Å². The number of aliphatic hydroxyl groups excluding tert-OH is 1. The van der Waals surface area contributed by atoms with Gasteiger partial charge in [0.05, 0.1) is 5.69 Å². The molecular weight excluding hydrogens is 273 g/mol. The van der Waals surface area contributed by atoms with Crippen LogP contribution in [0, 0.1) is 12.7 Å². The Hall–Kier alpha value is -2.40. The zero-order chi connectivity index (χ0) is 15.0. The van der Waals surface area contributed by atoms with Gasteiger partial charge in [-0.1, -0.05) is 12.1 Å². The highest BCUT2D eigenvalue weighted by molar-refractivity contribution is 5.95. The van der Waals surface area contributed by atoms with Gasteiger partial charge in [0.25, 0.3) is 5.91 Å². The molecule has 1 unspecified atom stereocenters. The SMILES string of the molecule is Cc1cc(F)cc(C(O)c2ccc3c(c2)NC(=O)CO3)c1. The summed E-state index contributed by atoms with van der Waals surface area (Å²) in [7, 11) is 0. The number of hydrogen-bond donors (Lipinski definition) is 2. The number of aliphatic hydroxyl groups is 1. The van der Waals surface area contributed by atoms with Crippen molar-refractivity contribution in [2.45, 2.75) is 13.0 Å². The molecule has 108 valence electrons. The third-order valence-electron chi connectivity index (χ3n) is 3.33. The quantitative estimate of drug-likeness (QED) is 0.892. The van der Waals surface area contributed by atoms with E-state index in [2.05, 4.69) is 5.32 Å². The summed E-state index contributed by atoms with van der Waals surface area (Å²) in [5.74, 6) is -0.0737. The number of carbonyl (C=O) groups is 1. The van der Waals surface area contributed by atoms with Gasteiger partial charge in [0.1, 0.15) is 17.7 Å². The first-order chi connectivity index (χ1) is 10.0. The molecule has 5 heteroatoms. The lowest BCUT2D eigenvalue weighted by atomic mass is 9.99. The molecule has 0 aliphatic carbocycles. The standard InChI is InChI=1S/C16H14FNO3/c1-9-4-11(6-12(17)5-9)16(20)10-2-3-14-13(7-10)18-15(19)8-21-14/h2-7,16,20H,8H2,1H3,(H,18,19). The molecule has 0 aromatic heterocycles. The normalized spacial score (nSPS) is 14.9. The molecule has 4 nitrogen and oxygen atoms in total. The van der Waals surface area contributed by atoms with E-state index in [1.807, 2.05) is 0 Å². The van der Waals surface area contributed by atoms with Crippen molar-refractivity contribution in [3.8, 4) is 5.75 Å². The first-order valence-corrected chi connectivity index (χ1v) is 6.55. The van der Waals surface area contributed by atoms with Crippen molar-refractivity contribution in [1.82, 2.24) is 0 Å². The third-order valence-corrected chi connectivity index (χ3v) is 3.33. The van der Waals surface area contributed by atoms with Crippen LogP contribution in [0.25, 0.3) is 0 Å². The minimum absolute atomic E-state index is 0.0159. The number of nitrogens with one attached hydrogen (secondary N) is 1. The monoisotopic (exact) mass is 287 g/mol. The lowest BCUT2D eigenvalue weighted by Gasteiger charge is -2.20. The molecule has 2 aromatic rings. The molecule has 1 amide bonds. The lowest BCUT2D eigenvalue weighted by molar-refractivity contribution is -0.118. The number of anilines is 1. The predicted octanol–water partition coefficient (Wildman–Crippen LogP) is 2.55. The van der Waals surface area contributed by atoms with Crippen LogP contribution in [0.15, 0.2) is 36.4 Å². The Morgan fingerprint density at radius 3 is 2.81 bits per heavy atom. The van der Waals surface area contributed by atoms with Gasteiger partial charge in [0.15, 0.2) is 6.61 Å². The van der Waals surface area contributed by atoms with Crippen LogP contribution in [0.5, 0.6) is 5.75 Å². The summed E-state index contributed by atoms with van der Waals surface area (Å²) in [6.45, 7) is 1.75. The summed E-state index contributed by atoms with van der Waals surface area (Å²) in [4.78, 5) is 11.3. The van der Waals surface area contributed by atoms with Gasteiger partial charge in [-0.3, -0.25) is 4.79 Å². The highest BCUT2D eigenvalue weighted by Crippen LogP contribution is 2.32. The van der Waals surface area contributed by atoms with Crippen molar-refractivity contribution in [3.63, 3.8) is 0 Å². The van der Waals surface area contributed by atoms with Gasteiger partial charge in [-0.05, 0) is 47.9 Å². The number of rotatable bonds is 2. The number of halogens is 1. The summed E-state index contributed by atoms with van der Waals surface area (Å²) < 4.78 is 18.7. The second-order valence-electron chi connectivity index (χ2n) is 5.06. The topological polar surface area (TPSA) is 58.6 Å². The molecule has 0 spiro atoms. The number of aryl methyl sites for hydroxylation is 1. The summed E-state index contributed by atoms with van der Waals surface area (Å²) in [5, 5.41) is 13.1. The van der Waals surface area contributed by atoms with Gasteiger partial charge in [-0.2, -0.15) is 0 Å². The molecule has 1 atom stereocenters. The smallest absolute Gasteiger partial charge is 0.262 e. The number of carbonyl (C=O) groups excluding carboxylic acids is 1. The largest absolute Gasteiger partial charge is 0.482 e. The summed E-state index contributed by atoms with van der Waals surface area (Å²) in [6, 6.07) is 9.43. The maximum absolute atomic E-state index is 13.4. The number of fused-ring (bicyclic) bond motifs is 1. The molecule has 2 aromatic carbocycles. The van der Waals surface area contributed by atoms with Crippen LogP contribution in [-0.2, 0) is 4.79 Å². The Morgan fingerprint density at radius 1 is 1.24 bits per heavy atom. The van der Waals surface area contributed by atoms with E-state index in [-0.39, 0.29) is 12.5 Å². The van der Waals surface area contributed by atoms with E-state index < -0.39 is 11.9 Å². The first-order valence-electron chi connectivity index (χ1n) is 6.55. The van der Waals surface area contributed by atoms with E-state index in [4.69, 9.17) is 4.74 Å². The number of hydrogen-bond acceptors (Lipinski definition) is 3. The van der Waals surface area contributed by atoms with Crippen molar-refractivity contribution in [3.05, 3.63) is 58.9 Å². The zero-order valence-electron chi connectivity index (χ0n) is 11.4. The highest BCUT2D eigenvalue weighted by atomic mass is 19.1. The van der Waals surface area contributed by atoms with Gasteiger partial charge < -0.3 is 15.2 Å². The Morgan fingerprint density at radius 2 is 2.05 bits per heavy atom. The maximum Gasteiger partial charge on any atom is 0.262 e. The summed E-state index contributed by atoms with van der Waals surface area (Å²) in [5.41, 5.74) is 2.27. The highest BCUT2D eigenvalue weighted by Gasteiger charge is 2.19. The third kappa shape index (κ3) is 2.73. The average Bonchev–Trinajstić information content (AvgIpc) is 2.44. The Labute approximate surface area is 121 Å². The molecule has 1 aliphatic rings. The molecule has 0 saturated heterocycles. The van der Waals surface area contributed by atoms with E-state index in [1.165, 1.54) is 12.1 Å². The molecule has 1 heterocycles. The van der Waals surface area contributed by atoms with Crippen molar-refractivity contribution in [2.75, 3.05) is 11.9 Å². The molecule has 0 saturated carbocycles. The molecule has 21 heavy (non-hydrogen) atoms. The van der Waals surface area contributed by atoms with Crippen LogP contribution in [0.1, 0.15) is 22.8 Å². The van der Waals surface area contributed by atoms with E-state index in [9.17, 15) is 14.3 Å². The van der Waals surface area contributed by atoms with Crippen LogP contribution >= 0.6 is 0 Å². The molecule has 0 fully saturated rings. The van der Waals surface area contributed by atoms with Gasteiger partial charge in [-0.15, -0.1) is 0 Å². The number of benzene rings is 2. The number of amides is 1. The number of ether oxygens (including phenoxy) is 1. The molecule has 0 bridgehead atoms. The molecule has 3 rings (SSSR count). The van der Waals surface area contributed by atoms with Crippen molar-refractivity contribution in [2.24, 2.45) is 0 Å². The van der Waals surface area contributed by atoms with E-state index in [0.717, 1.165) is 5.56 Å². The Balaban J connectivity index is 1.96. The fraction of sp³-hybridized carbons (Fsp3) is 0.188. The fourth-order valence-electron chi connectivity index (χ4n) is 2.39. The summed E-state index contributed by atoms with van der Waals surface area (Å²) in [6.07, 6.45) is -0.969. The zero-order valence-corrected chi connectivity index (χ0v) is 11.4. The van der Waals surface area contributed by atoms with E-state index in [0.29, 0.717) is 22.6 Å². The van der Waals surface area contributed by atoms with E-state index in [1.54, 1.807) is 31.2 Å². The maximum atomic E-state index is 13.4. The van der Waals surface area contributed by atoms with E-state index >= 15 is 0 Å². The van der Waals surface area contributed by atoms with Crippen LogP contribution in [0.3, 0.4) is 0 Å². The Bertz CT molecular complexity index is 694. The molecule has 1 aliphatic heterocycles. The first kappa shape index (κ1) is 13.6. The second-order valence-corrected chi connectivity index (χ2v) is 5.06. The lowest BCUT2D eigenvalue weighted by Crippen LogP contribution is -2.25. The second kappa shape index (κ2) is 5.18. The molecule has 2 N–H and O–H groups in total. The van der Waals surface area contributed by atoms with Crippen LogP contribution in [0.4, 0.5) is 10.1 Å². The van der Waals surface area contributed by atoms with Gasteiger partial charge in [-0.25, -0.2) is 4.39 Å². The van der Waals surface area contributed by atoms with Crippen molar-refractivity contribution in [1.29, 1.82) is 0 Å². The Kier molecular flexibility index (Phi) is 3.35.